The first-order valence-corrected chi connectivity index (χ1v) is 8.01. The Morgan fingerprint density at radius 3 is 2.80 bits per heavy atom. The molecule has 2 N–H and O–H groups in total. The highest BCUT2D eigenvalue weighted by Gasteiger charge is 2.18. The zero-order valence-corrected chi connectivity index (χ0v) is 14.3. The van der Waals surface area contributed by atoms with Gasteiger partial charge in [-0.2, -0.15) is 5.26 Å². The number of halogens is 1. The predicted octanol–water partition coefficient (Wildman–Crippen LogP) is 4.67. The smallest absolute Gasteiger partial charge is 0.141 e. The third kappa shape index (κ3) is 4.27. The molecule has 0 radical (unpaired) electrons. The van der Waals surface area contributed by atoms with Crippen LogP contribution in [0.5, 0.6) is 0 Å². The molecule has 128 valence electrons. The van der Waals surface area contributed by atoms with Crippen LogP contribution in [0.1, 0.15) is 43.7 Å². The van der Waals surface area contributed by atoms with Crippen LogP contribution < -0.4 is 4.90 Å². The summed E-state index contributed by atoms with van der Waals surface area (Å²) in [6.45, 7) is 3.58. The van der Waals surface area contributed by atoms with Gasteiger partial charge in [-0.05, 0) is 37.1 Å². The monoisotopic (exact) mass is 337 g/mol. The van der Waals surface area contributed by atoms with Crippen molar-refractivity contribution in [3.63, 3.8) is 0 Å². The highest BCUT2D eigenvalue weighted by Crippen LogP contribution is 2.27. The number of nitriles is 1. The molecule has 1 atom stereocenters. The minimum Gasteiger partial charge on any atom is -0.288 e. The quantitative estimate of drug-likeness (QED) is 0.617. The summed E-state index contributed by atoms with van der Waals surface area (Å²) in [6, 6.07) is 7.36. The van der Waals surface area contributed by atoms with Gasteiger partial charge in [0.1, 0.15) is 17.5 Å². The zero-order valence-electron chi connectivity index (χ0n) is 14.3. The highest BCUT2D eigenvalue weighted by atomic mass is 19.1. The number of amidine groups is 2. The van der Waals surface area contributed by atoms with E-state index in [1.165, 1.54) is 11.0 Å². The first kappa shape index (κ1) is 18.3. The lowest BCUT2D eigenvalue weighted by atomic mass is 9.94. The Kier molecular flexibility index (Phi) is 5.96. The van der Waals surface area contributed by atoms with Crippen molar-refractivity contribution in [1.82, 2.24) is 0 Å². The van der Waals surface area contributed by atoms with Crippen LogP contribution in [-0.2, 0) is 0 Å². The summed E-state index contributed by atoms with van der Waals surface area (Å²) < 4.78 is 13.3. The normalized spacial score (nSPS) is 15.9. The van der Waals surface area contributed by atoms with E-state index in [9.17, 15) is 9.65 Å². The molecule has 0 aliphatic carbocycles. The Morgan fingerprint density at radius 1 is 1.40 bits per heavy atom. The summed E-state index contributed by atoms with van der Waals surface area (Å²) in [5.41, 5.74) is 1.72. The van der Waals surface area contributed by atoms with E-state index in [4.69, 9.17) is 10.8 Å². The molecule has 1 heterocycles. The van der Waals surface area contributed by atoms with Crippen molar-refractivity contribution in [1.29, 1.82) is 16.1 Å². The van der Waals surface area contributed by atoms with E-state index in [1.807, 2.05) is 6.92 Å². The standard InChI is InChI=1S/C19H20FN5/c1-3-4-19(23)25(13(2)22)17-7-8-18(15(9-17)10-21)14-5-6-16(20)12-24-11-14/h5-9,11-12,14,22-23H,3-4H2,1-2H3. The molecule has 25 heavy (non-hydrogen) atoms. The largest absolute Gasteiger partial charge is 0.288 e. The lowest BCUT2D eigenvalue weighted by Crippen LogP contribution is -2.34. The molecule has 1 aromatic carbocycles. The topological polar surface area (TPSA) is 87.1 Å². The van der Waals surface area contributed by atoms with Crippen molar-refractivity contribution in [2.45, 2.75) is 32.6 Å². The molecule has 0 saturated carbocycles. The van der Waals surface area contributed by atoms with Crippen LogP contribution in [0.4, 0.5) is 10.1 Å². The van der Waals surface area contributed by atoms with Gasteiger partial charge in [0, 0.05) is 24.2 Å². The van der Waals surface area contributed by atoms with E-state index in [1.54, 1.807) is 37.4 Å². The summed E-state index contributed by atoms with van der Waals surface area (Å²) >= 11 is 0. The van der Waals surface area contributed by atoms with E-state index < -0.39 is 5.83 Å². The summed E-state index contributed by atoms with van der Waals surface area (Å²) in [5, 5.41) is 25.6. The van der Waals surface area contributed by atoms with Gasteiger partial charge in [0.2, 0.25) is 0 Å². The third-order valence-electron chi connectivity index (χ3n) is 3.77. The van der Waals surface area contributed by atoms with Crippen LogP contribution in [-0.4, -0.2) is 17.9 Å². The van der Waals surface area contributed by atoms with Gasteiger partial charge >= 0.3 is 0 Å². The van der Waals surface area contributed by atoms with E-state index in [2.05, 4.69) is 11.1 Å². The molecule has 0 saturated heterocycles. The average Bonchev–Trinajstić information content (AvgIpc) is 2.79. The number of anilines is 1. The van der Waals surface area contributed by atoms with E-state index >= 15 is 0 Å². The molecular weight excluding hydrogens is 317 g/mol. The second-order valence-corrected chi connectivity index (χ2v) is 5.70. The lowest BCUT2D eigenvalue weighted by molar-refractivity contribution is 0.664. The molecule has 1 aliphatic heterocycles. The molecule has 0 bridgehead atoms. The van der Waals surface area contributed by atoms with Gasteiger partial charge in [-0.15, -0.1) is 0 Å². The second kappa shape index (κ2) is 8.15. The number of aliphatic imine (C=N–C) groups is 1. The molecule has 6 heteroatoms. The fraction of sp³-hybridized carbons (Fsp3) is 0.263. The van der Waals surface area contributed by atoms with Gasteiger partial charge in [0.25, 0.3) is 0 Å². The van der Waals surface area contributed by atoms with Gasteiger partial charge in [0.05, 0.1) is 17.8 Å². The predicted molar refractivity (Wildman–Crippen MR) is 99.2 cm³/mol. The van der Waals surface area contributed by atoms with Crippen molar-refractivity contribution in [2.24, 2.45) is 4.99 Å². The van der Waals surface area contributed by atoms with E-state index in [-0.39, 0.29) is 11.8 Å². The lowest BCUT2D eigenvalue weighted by Gasteiger charge is -2.24. The van der Waals surface area contributed by atoms with Crippen molar-refractivity contribution in [3.8, 4) is 6.07 Å². The summed E-state index contributed by atoms with van der Waals surface area (Å²) in [5.74, 6) is -0.212. The van der Waals surface area contributed by atoms with Gasteiger partial charge < -0.3 is 0 Å². The molecule has 5 nitrogen and oxygen atoms in total. The molecule has 0 spiro atoms. The van der Waals surface area contributed by atoms with E-state index in [0.717, 1.165) is 12.6 Å². The summed E-state index contributed by atoms with van der Waals surface area (Å²) in [4.78, 5) is 5.43. The number of rotatable bonds is 4. The Labute approximate surface area is 146 Å². The summed E-state index contributed by atoms with van der Waals surface area (Å²) in [6.07, 6.45) is 7.03. The molecule has 1 aliphatic rings. The number of nitrogens with zero attached hydrogens (tertiary/aromatic N) is 3. The van der Waals surface area contributed by atoms with Crippen molar-refractivity contribution < 1.29 is 4.39 Å². The maximum absolute atomic E-state index is 13.3. The van der Waals surface area contributed by atoms with E-state index in [0.29, 0.717) is 29.1 Å². The Hall–Kier alpha value is -3.07. The minimum absolute atomic E-state index is 0.220. The first-order valence-electron chi connectivity index (χ1n) is 8.01. The molecule has 0 amide bonds. The highest BCUT2D eigenvalue weighted by molar-refractivity contribution is 6.16. The average molecular weight is 337 g/mol. The van der Waals surface area contributed by atoms with Crippen molar-refractivity contribution >= 4 is 23.6 Å². The maximum atomic E-state index is 13.3. The van der Waals surface area contributed by atoms with Gasteiger partial charge in [0.15, 0.2) is 0 Å². The third-order valence-corrected chi connectivity index (χ3v) is 3.77. The van der Waals surface area contributed by atoms with Gasteiger partial charge in [-0.25, -0.2) is 4.39 Å². The number of nitrogens with one attached hydrogen (secondary N) is 2. The minimum atomic E-state index is -0.438. The SMILES string of the molecule is CCCC(=N)N(C(C)=N)c1ccc(C2C=CC(F)=CN=C2)c(C#N)c1. The molecule has 0 fully saturated rings. The number of allylic oxidation sites excluding steroid dienone is 3. The van der Waals surface area contributed by atoms with Crippen molar-refractivity contribution in [3.05, 3.63) is 53.5 Å². The molecule has 1 aromatic rings. The van der Waals surface area contributed by atoms with Gasteiger partial charge in [-0.3, -0.25) is 20.7 Å². The molecule has 2 rings (SSSR count). The summed E-state index contributed by atoms with van der Waals surface area (Å²) in [7, 11) is 0. The Bertz CT molecular complexity index is 814. The number of hydrogen-bond acceptors (Lipinski definition) is 4. The Morgan fingerprint density at radius 2 is 2.16 bits per heavy atom. The van der Waals surface area contributed by atoms with Crippen LogP contribution in [0.2, 0.25) is 0 Å². The zero-order chi connectivity index (χ0) is 18.4. The fourth-order valence-corrected chi connectivity index (χ4v) is 2.65. The first-order chi connectivity index (χ1) is 12.0. The Balaban J connectivity index is 2.42. The maximum Gasteiger partial charge on any atom is 0.141 e. The van der Waals surface area contributed by atoms with Crippen LogP contribution >= 0.6 is 0 Å². The molecule has 0 aromatic heterocycles. The number of hydrogen-bond donors (Lipinski definition) is 2. The van der Waals surface area contributed by atoms with Crippen molar-refractivity contribution in [2.75, 3.05) is 4.90 Å². The van der Waals surface area contributed by atoms with Crippen LogP contribution in [0.25, 0.3) is 0 Å². The van der Waals surface area contributed by atoms with Gasteiger partial charge in [-0.1, -0.05) is 19.1 Å². The van der Waals surface area contributed by atoms with Crippen LogP contribution in [0.15, 0.2) is 47.4 Å². The number of benzene rings is 1. The molecular formula is C19H20FN5. The fourth-order valence-electron chi connectivity index (χ4n) is 2.65. The van der Waals surface area contributed by atoms with Crippen LogP contribution in [0.3, 0.4) is 0 Å². The van der Waals surface area contributed by atoms with Crippen LogP contribution in [0, 0.1) is 22.1 Å². The second-order valence-electron chi connectivity index (χ2n) is 5.70. The molecule has 1 unspecified atom stereocenters.